The molecule has 3 rings (SSSR count). The summed E-state index contributed by atoms with van der Waals surface area (Å²) in [5, 5.41) is 7.86. The molecule has 1 saturated heterocycles. The molecule has 0 spiro atoms. The minimum atomic E-state index is -0.620. The molecule has 2 heterocycles. The van der Waals surface area contributed by atoms with E-state index in [-0.39, 0.29) is 29.7 Å². The van der Waals surface area contributed by atoms with Crippen molar-refractivity contribution in [3.8, 4) is 0 Å². The Morgan fingerprint density at radius 1 is 1.07 bits per heavy atom. The molecule has 1 aliphatic rings. The lowest BCUT2D eigenvalue weighted by molar-refractivity contribution is -0.125. The molecule has 2 atom stereocenters. The van der Waals surface area contributed by atoms with Crippen molar-refractivity contribution < 1.29 is 14.4 Å². The van der Waals surface area contributed by atoms with Gasteiger partial charge in [0, 0.05) is 24.7 Å². The Balaban J connectivity index is 1.68. The number of carbonyl (C=O) groups is 3. The van der Waals surface area contributed by atoms with Crippen molar-refractivity contribution in [3.63, 3.8) is 0 Å². The zero-order valence-electron chi connectivity index (χ0n) is 17.5. The zero-order valence-corrected chi connectivity index (χ0v) is 18.3. The van der Waals surface area contributed by atoms with E-state index in [0.29, 0.717) is 31.5 Å². The van der Waals surface area contributed by atoms with Gasteiger partial charge in [0.1, 0.15) is 6.04 Å². The molecule has 6 nitrogen and oxygen atoms in total. The van der Waals surface area contributed by atoms with E-state index >= 15 is 0 Å². The molecule has 1 fully saturated rings. The highest BCUT2D eigenvalue weighted by molar-refractivity contribution is 7.12. The third-order valence-electron chi connectivity index (χ3n) is 5.64. The van der Waals surface area contributed by atoms with Gasteiger partial charge in [-0.05, 0) is 55.7 Å². The summed E-state index contributed by atoms with van der Waals surface area (Å²) in [5.74, 6) is -0.389. The number of hydrogen-bond donors (Lipinski definition) is 2. The number of nitrogens with zero attached hydrogens (tertiary/aromatic N) is 1. The predicted octanol–water partition coefficient (Wildman–Crippen LogP) is 3.31. The standard InChI is InChI=1S/C23H29N3O3S/c1-3-16(2)24-22(28)20(25-21(27)18-8-5-4-6-9-18)17-11-13-26(14-12-17)23(29)19-10-7-15-30-19/h4-10,15-17,20H,3,11-14H2,1-2H3,(H,24,28)(H,25,27)/t16-,20-/m0/s1. The molecule has 3 amide bonds. The van der Waals surface area contributed by atoms with E-state index in [1.54, 1.807) is 24.3 Å². The number of piperidine rings is 1. The molecule has 0 unspecified atom stereocenters. The number of benzene rings is 1. The fraction of sp³-hybridized carbons (Fsp3) is 0.435. The van der Waals surface area contributed by atoms with Crippen molar-refractivity contribution >= 4 is 29.1 Å². The first-order valence-corrected chi connectivity index (χ1v) is 11.4. The van der Waals surface area contributed by atoms with Crippen LogP contribution >= 0.6 is 11.3 Å². The van der Waals surface area contributed by atoms with Crippen molar-refractivity contribution in [2.24, 2.45) is 5.92 Å². The minimum absolute atomic E-state index is 0.0193. The molecule has 0 saturated carbocycles. The van der Waals surface area contributed by atoms with Crippen LogP contribution in [0.4, 0.5) is 0 Å². The van der Waals surface area contributed by atoms with Crippen molar-refractivity contribution in [1.29, 1.82) is 0 Å². The molecule has 1 aromatic carbocycles. The number of likely N-dealkylation sites (tertiary alicyclic amines) is 1. The number of amides is 3. The molecule has 0 radical (unpaired) electrons. The van der Waals surface area contributed by atoms with Gasteiger partial charge in [0.25, 0.3) is 11.8 Å². The summed E-state index contributed by atoms with van der Waals surface area (Å²) in [6, 6.07) is 12.1. The number of hydrogen-bond acceptors (Lipinski definition) is 4. The second-order valence-corrected chi connectivity index (χ2v) is 8.69. The fourth-order valence-corrected chi connectivity index (χ4v) is 4.33. The van der Waals surface area contributed by atoms with Crippen LogP contribution in [-0.4, -0.2) is 47.8 Å². The Labute approximate surface area is 181 Å². The zero-order chi connectivity index (χ0) is 21.5. The highest BCUT2D eigenvalue weighted by Gasteiger charge is 2.34. The largest absolute Gasteiger partial charge is 0.352 e. The van der Waals surface area contributed by atoms with Gasteiger partial charge >= 0.3 is 0 Å². The Morgan fingerprint density at radius 3 is 2.37 bits per heavy atom. The van der Waals surface area contributed by atoms with Crippen molar-refractivity contribution in [2.45, 2.75) is 45.2 Å². The van der Waals surface area contributed by atoms with Crippen LogP contribution in [0.3, 0.4) is 0 Å². The molecule has 160 valence electrons. The maximum atomic E-state index is 13.0. The number of rotatable bonds is 7. The molecule has 2 aromatic rings. The molecule has 1 aliphatic heterocycles. The Morgan fingerprint density at radius 2 is 1.77 bits per heavy atom. The van der Waals surface area contributed by atoms with Crippen molar-refractivity contribution in [1.82, 2.24) is 15.5 Å². The highest BCUT2D eigenvalue weighted by atomic mass is 32.1. The van der Waals surface area contributed by atoms with Gasteiger partial charge in [0.15, 0.2) is 0 Å². The van der Waals surface area contributed by atoms with E-state index in [0.717, 1.165) is 11.3 Å². The maximum absolute atomic E-state index is 13.0. The number of carbonyl (C=O) groups excluding carboxylic acids is 3. The van der Waals surface area contributed by atoms with E-state index in [9.17, 15) is 14.4 Å². The fourth-order valence-electron chi connectivity index (χ4n) is 3.64. The van der Waals surface area contributed by atoms with E-state index < -0.39 is 6.04 Å². The van der Waals surface area contributed by atoms with Gasteiger partial charge in [0.05, 0.1) is 4.88 Å². The molecule has 0 aliphatic carbocycles. The SMILES string of the molecule is CC[C@H](C)NC(=O)[C@@H](NC(=O)c1ccccc1)C1CCN(C(=O)c2cccs2)CC1. The predicted molar refractivity (Wildman–Crippen MR) is 119 cm³/mol. The van der Waals surface area contributed by atoms with Gasteiger partial charge < -0.3 is 15.5 Å². The molecule has 30 heavy (non-hydrogen) atoms. The van der Waals surface area contributed by atoms with Crippen LogP contribution < -0.4 is 10.6 Å². The summed E-state index contributed by atoms with van der Waals surface area (Å²) in [6.45, 7) is 5.12. The third-order valence-corrected chi connectivity index (χ3v) is 6.49. The Kier molecular flexibility index (Phi) is 7.63. The van der Waals surface area contributed by atoms with Crippen molar-refractivity contribution in [3.05, 3.63) is 58.3 Å². The Bertz CT molecular complexity index is 846. The lowest BCUT2D eigenvalue weighted by atomic mass is 9.88. The lowest BCUT2D eigenvalue weighted by Crippen LogP contribution is -2.55. The minimum Gasteiger partial charge on any atom is -0.352 e. The van der Waals surface area contributed by atoms with Crippen LogP contribution in [-0.2, 0) is 4.79 Å². The summed E-state index contributed by atoms with van der Waals surface area (Å²) >= 11 is 1.44. The molecule has 1 aromatic heterocycles. The topological polar surface area (TPSA) is 78.5 Å². The van der Waals surface area contributed by atoms with Crippen LogP contribution in [0.15, 0.2) is 47.8 Å². The van der Waals surface area contributed by atoms with E-state index in [1.165, 1.54) is 11.3 Å². The smallest absolute Gasteiger partial charge is 0.263 e. The first kappa shape index (κ1) is 22.0. The lowest BCUT2D eigenvalue weighted by Gasteiger charge is -2.36. The Hall–Kier alpha value is -2.67. The second kappa shape index (κ2) is 10.4. The number of nitrogens with one attached hydrogen (secondary N) is 2. The van der Waals surface area contributed by atoms with Crippen LogP contribution in [0.2, 0.25) is 0 Å². The van der Waals surface area contributed by atoms with E-state index in [4.69, 9.17) is 0 Å². The normalized spacial score (nSPS) is 16.5. The van der Waals surface area contributed by atoms with Crippen LogP contribution in [0.1, 0.15) is 53.1 Å². The summed E-state index contributed by atoms with van der Waals surface area (Å²) < 4.78 is 0. The van der Waals surface area contributed by atoms with Gasteiger partial charge in [-0.2, -0.15) is 0 Å². The van der Waals surface area contributed by atoms with E-state index in [1.807, 2.05) is 42.3 Å². The summed E-state index contributed by atoms with van der Waals surface area (Å²) in [6.07, 6.45) is 2.16. The van der Waals surface area contributed by atoms with Crippen molar-refractivity contribution in [2.75, 3.05) is 13.1 Å². The number of thiophene rings is 1. The first-order chi connectivity index (χ1) is 14.5. The maximum Gasteiger partial charge on any atom is 0.263 e. The molecular formula is C23H29N3O3S. The van der Waals surface area contributed by atoms with Gasteiger partial charge in [-0.1, -0.05) is 31.2 Å². The van der Waals surface area contributed by atoms with Gasteiger partial charge in [-0.25, -0.2) is 0 Å². The molecule has 0 bridgehead atoms. The monoisotopic (exact) mass is 427 g/mol. The highest BCUT2D eigenvalue weighted by Crippen LogP contribution is 2.24. The van der Waals surface area contributed by atoms with Gasteiger partial charge in [0.2, 0.25) is 5.91 Å². The molecule has 2 N–H and O–H groups in total. The van der Waals surface area contributed by atoms with E-state index in [2.05, 4.69) is 10.6 Å². The van der Waals surface area contributed by atoms with Gasteiger partial charge in [-0.3, -0.25) is 14.4 Å². The van der Waals surface area contributed by atoms with Crippen LogP contribution in [0.5, 0.6) is 0 Å². The average molecular weight is 428 g/mol. The van der Waals surface area contributed by atoms with Gasteiger partial charge in [-0.15, -0.1) is 11.3 Å². The molecule has 7 heteroatoms. The third kappa shape index (κ3) is 5.48. The molecular weight excluding hydrogens is 398 g/mol. The average Bonchev–Trinajstić information content (AvgIpc) is 3.32. The van der Waals surface area contributed by atoms with Crippen LogP contribution in [0.25, 0.3) is 0 Å². The summed E-state index contributed by atoms with van der Waals surface area (Å²) in [5.41, 5.74) is 0.532. The first-order valence-electron chi connectivity index (χ1n) is 10.5. The summed E-state index contributed by atoms with van der Waals surface area (Å²) in [7, 11) is 0. The summed E-state index contributed by atoms with van der Waals surface area (Å²) in [4.78, 5) is 40.9. The second-order valence-electron chi connectivity index (χ2n) is 7.74. The quantitative estimate of drug-likeness (QED) is 0.712. The van der Waals surface area contributed by atoms with Crippen LogP contribution in [0, 0.1) is 5.92 Å².